The Morgan fingerprint density at radius 1 is 1.25 bits per heavy atom. The van der Waals surface area contributed by atoms with Gasteiger partial charge in [0, 0.05) is 24.1 Å². The van der Waals surface area contributed by atoms with E-state index in [9.17, 15) is 0 Å². The number of methoxy groups -OCH3 is 2. The van der Waals surface area contributed by atoms with Crippen molar-refractivity contribution < 1.29 is 9.47 Å². The van der Waals surface area contributed by atoms with Crippen molar-refractivity contribution in [3.8, 4) is 10.9 Å². The minimum atomic E-state index is 0.536. The Balaban J connectivity index is 2.67. The van der Waals surface area contributed by atoms with Crippen LogP contribution in [-0.2, 0) is 6.54 Å². The van der Waals surface area contributed by atoms with Gasteiger partial charge in [-0.3, -0.25) is 0 Å². The maximum Gasteiger partial charge on any atom is 0.233 e. The van der Waals surface area contributed by atoms with E-state index in [0.29, 0.717) is 11.9 Å². The summed E-state index contributed by atoms with van der Waals surface area (Å²) in [6, 6.07) is 0.536. The molecule has 0 aliphatic carbocycles. The summed E-state index contributed by atoms with van der Waals surface area (Å²) in [5.41, 5.74) is 1.02. The van der Waals surface area contributed by atoms with Crippen molar-refractivity contribution in [3.05, 3.63) is 5.56 Å². The third kappa shape index (κ3) is 3.09. The van der Waals surface area contributed by atoms with Crippen molar-refractivity contribution >= 4 is 11.5 Å². The second-order valence-electron chi connectivity index (χ2n) is 3.56. The summed E-state index contributed by atoms with van der Waals surface area (Å²) in [7, 11) is 3.29. The summed E-state index contributed by atoms with van der Waals surface area (Å²) in [6.45, 7) is 5.11. The first-order valence-corrected chi connectivity index (χ1v) is 6.33. The van der Waals surface area contributed by atoms with E-state index < -0.39 is 0 Å². The van der Waals surface area contributed by atoms with Gasteiger partial charge in [0.2, 0.25) is 10.9 Å². The monoisotopic (exact) mass is 244 g/mol. The standard InChI is InChI=1S/C11H20N2O2S/c1-5-8(6-2)12-7-9-10(14-3)13-16-11(9)15-4/h8,12H,5-7H2,1-4H3. The molecule has 1 heterocycles. The molecule has 0 bridgehead atoms. The quantitative estimate of drug-likeness (QED) is 0.800. The summed E-state index contributed by atoms with van der Waals surface area (Å²) in [5.74, 6) is 0.667. The van der Waals surface area contributed by atoms with E-state index in [0.717, 1.165) is 30.0 Å². The molecule has 0 saturated heterocycles. The van der Waals surface area contributed by atoms with Crippen LogP contribution in [0.25, 0.3) is 0 Å². The molecule has 1 aromatic rings. The van der Waals surface area contributed by atoms with Crippen LogP contribution in [0.15, 0.2) is 0 Å². The van der Waals surface area contributed by atoms with Gasteiger partial charge in [0.05, 0.1) is 19.8 Å². The number of aromatic nitrogens is 1. The Labute approximate surface area is 101 Å². The summed E-state index contributed by atoms with van der Waals surface area (Å²) < 4.78 is 14.7. The number of rotatable bonds is 7. The first kappa shape index (κ1) is 13.3. The normalized spacial score (nSPS) is 10.8. The van der Waals surface area contributed by atoms with Crippen molar-refractivity contribution in [2.45, 2.75) is 39.3 Å². The SMILES string of the molecule is CCC(CC)NCc1c(OC)nsc1OC. The molecular formula is C11H20N2O2S. The summed E-state index contributed by atoms with van der Waals surface area (Å²) in [4.78, 5) is 0. The highest BCUT2D eigenvalue weighted by molar-refractivity contribution is 7.08. The lowest BCUT2D eigenvalue weighted by molar-refractivity contribution is 0.380. The minimum absolute atomic E-state index is 0.536. The highest BCUT2D eigenvalue weighted by Crippen LogP contribution is 2.32. The first-order valence-electron chi connectivity index (χ1n) is 5.56. The maximum absolute atomic E-state index is 5.26. The van der Waals surface area contributed by atoms with Gasteiger partial charge in [0.25, 0.3) is 0 Å². The van der Waals surface area contributed by atoms with Gasteiger partial charge in [-0.05, 0) is 12.8 Å². The lowest BCUT2D eigenvalue weighted by atomic mass is 10.1. The zero-order valence-corrected chi connectivity index (χ0v) is 11.2. The molecule has 0 aliphatic heterocycles. The Morgan fingerprint density at radius 3 is 2.44 bits per heavy atom. The van der Waals surface area contributed by atoms with Crippen molar-refractivity contribution in [1.29, 1.82) is 0 Å². The Bertz CT molecular complexity index is 289. The first-order chi connectivity index (χ1) is 7.76. The molecule has 0 saturated carbocycles. The van der Waals surface area contributed by atoms with Crippen molar-refractivity contribution in [2.24, 2.45) is 0 Å². The van der Waals surface area contributed by atoms with Crippen molar-refractivity contribution in [2.75, 3.05) is 14.2 Å². The van der Waals surface area contributed by atoms with E-state index in [1.165, 1.54) is 11.5 Å². The van der Waals surface area contributed by atoms with Crippen LogP contribution in [0.1, 0.15) is 32.3 Å². The predicted molar refractivity (Wildman–Crippen MR) is 66.4 cm³/mol. The topological polar surface area (TPSA) is 43.4 Å². The highest BCUT2D eigenvalue weighted by atomic mass is 32.1. The van der Waals surface area contributed by atoms with Crippen LogP contribution in [-0.4, -0.2) is 24.6 Å². The molecule has 0 spiro atoms. The predicted octanol–water partition coefficient (Wildman–Crippen LogP) is 2.44. The van der Waals surface area contributed by atoms with Crippen molar-refractivity contribution in [1.82, 2.24) is 9.69 Å². The van der Waals surface area contributed by atoms with E-state index in [2.05, 4.69) is 23.5 Å². The number of hydrogen-bond donors (Lipinski definition) is 1. The van der Waals surface area contributed by atoms with Crippen LogP contribution in [0.5, 0.6) is 10.9 Å². The zero-order valence-electron chi connectivity index (χ0n) is 10.4. The zero-order chi connectivity index (χ0) is 12.0. The fraction of sp³-hybridized carbons (Fsp3) is 0.727. The van der Waals surface area contributed by atoms with E-state index >= 15 is 0 Å². The molecule has 0 amide bonds. The second-order valence-corrected chi connectivity index (χ2v) is 4.29. The van der Waals surface area contributed by atoms with E-state index in [1.807, 2.05) is 0 Å². The average Bonchev–Trinajstić information content (AvgIpc) is 2.72. The van der Waals surface area contributed by atoms with Crippen LogP contribution >= 0.6 is 11.5 Å². The fourth-order valence-electron chi connectivity index (χ4n) is 1.57. The number of hydrogen-bond acceptors (Lipinski definition) is 5. The minimum Gasteiger partial charge on any atom is -0.486 e. The van der Waals surface area contributed by atoms with Gasteiger partial charge in [-0.25, -0.2) is 0 Å². The van der Waals surface area contributed by atoms with Gasteiger partial charge in [0.15, 0.2) is 0 Å². The molecule has 4 nitrogen and oxygen atoms in total. The Hall–Kier alpha value is -0.810. The number of nitrogens with one attached hydrogen (secondary N) is 1. The fourth-order valence-corrected chi connectivity index (χ4v) is 2.27. The largest absolute Gasteiger partial charge is 0.486 e. The summed E-state index contributed by atoms with van der Waals surface area (Å²) in [5, 5.41) is 4.31. The van der Waals surface area contributed by atoms with Gasteiger partial charge < -0.3 is 14.8 Å². The van der Waals surface area contributed by atoms with Gasteiger partial charge in [-0.15, -0.1) is 0 Å². The van der Waals surface area contributed by atoms with Gasteiger partial charge >= 0.3 is 0 Å². The average molecular weight is 244 g/mol. The van der Waals surface area contributed by atoms with Gasteiger partial charge in [-0.1, -0.05) is 13.8 Å². The molecule has 5 heteroatoms. The molecule has 16 heavy (non-hydrogen) atoms. The molecule has 0 radical (unpaired) electrons. The van der Waals surface area contributed by atoms with Crippen molar-refractivity contribution in [3.63, 3.8) is 0 Å². The molecule has 1 rings (SSSR count). The molecule has 0 unspecified atom stereocenters. The van der Waals surface area contributed by atoms with Crippen LogP contribution in [0.2, 0.25) is 0 Å². The lowest BCUT2D eigenvalue weighted by Gasteiger charge is -2.14. The molecule has 1 N–H and O–H groups in total. The molecule has 1 aromatic heterocycles. The van der Waals surface area contributed by atoms with Crippen LogP contribution in [0.3, 0.4) is 0 Å². The van der Waals surface area contributed by atoms with E-state index in [-0.39, 0.29) is 0 Å². The van der Waals surface area contributed by atoms with E-state index in [1.54, 1.807) is 14.2 Å². The van der Waals surface area contributed by atoms with Crippen LogP contribution < -0.4 is 14.8 Å². The highest BCUT2D eigenvalue weighted by Gasteiger charge is 2.15. The maximum atomic E-state index is 5.26. The third-order valence-corrected chi connectivity index (χ3v) is 3.48. The van der Waals surface area contributed by atoms with E-state index in [4.69, 9.17) is 9.47 Å². The van der Waals surface area contributed by atoms with Gasteiger partial charge in [0.1, 0.15) is 0 Å². The number of ether oxygens (including phenoxy) is 2. The lowest BCUT2D eigenvalue weighted by Crippen LogP contribution is -2.27. The van der Waals surface area contributed by atoms with Gasteiger partial charge in [-0.2, -0.15) is 4.37 Å². The molecule has 92 valence electrons. The third-order valence-electron chi connectivity index (χ3n) is 2.65. The second kappa shape index (κ2) is 6.70. The Morgan fingerprint density at radius 2 is 1.94 bits per heavy atom. The van der Waals surface area contributed by atoms with Crippen LogP contribution in [0, 0.1) is 0 Å². The summed E-state index contributed by atoms with van der Waals surface area (Å²) >= 11 is 1.33. The molecular weight excluding hydrogens is 224 g/mol. The molecule has 0 atom stereocenters. The molecule has 0 fully saturated rings. The van der Waals surface area contributed by atoms with Crippen LogP contribution in [0.4, 0.5) is 0 Å². The number of nitrogens with zero attached hydrogens (tertiary/aromatic N) is 1. The smallest absolute Gasteiger partial charge is 0.233 e. The Kier molecular flexibility index (Phi) is 5.55. The molecule has 0 aliphatic rings. The summed E-state index contributed by atoms with van der Waals surface area (Å²) in [6.07, 6.45) is 2.25. The molecule has 0 aromatic carbocycles.